The number of aliphatic carboxylic acids is 1. The number of carboxylic acids is 1. The Bertz CT molecular complexity index is 446. The summed E-state index contributed by atoms with van der Waals surface area (Å²) in [4.78, 5) is 23.4. The first-order valence-corrected chi connectivity index (χ1v) is 6.62. The molecule has 20 heavy (non-hydrogen) atoms. The molecule has 5 heteroatoms. The molecular formula is C15H21NO4. The van der Waals surface area contributed by atoms with Gasteiger partial charge >= 0.3 is 5.97 Å². The van der Waals surface area contributed by atoms with E-state index in [0.29, 0.717) is 12.0 Å². The van der Waals surface area contributed by atoms with E-state index in [0.717, 1.165) is 0 Å². The largest absolute Gasteiger partial charge is 0.480 e. The third kappa shape index (κ3) is 4.06. The van der Waals surface area contributed by atoms with Crippen molar-refractivity contribution in [3.63, 3.8) is 0 Å². The fourth-order valence-electron chi connectivity index (χ4n) is 1.93. The minimum atomic E-state index is -1.03. The number of ether oxygens (including phenoxy) is 1. The highest BCUT2D eigenvalue weighted by atomic mass is 16.5. The molecule has 0 aliphatic heterocycles. The topological polar surface area (TPSA) is 75.6 Å². The molecule has 1 aromatic carbocycles. The maximum absolute atomic E-state index is 12.2. The number of carboxylic acid groups (broad SMARTS) is 1. The van der Waals surface area contributed by atoms with Crippen molar-refractivity contribution >= 4 is 11.9 Å². The Morgan fingerprint density at radius 1 is 1.30 bits per heavy atom. The molecule has 1 amide bonds. The van der Waals surface area contributed by atoms with Crippen molar-refractivity contribution in [2.45, 2.75) is 32.4 Å². The summed E-state index contributed by atoms with van der Waals surface area (Å²) in [5.41, 5.74) is 0.695. The lowest BCUT2D eigenvalue weighted by Gasteiger charge is -2.23. The number of rotatable bonds is 7. The summed E-state index contributed by atoms with van der Waals surface area (Å²) in [5.74, 6) is -1.62. The maximum atomic E-state index is 12.2. The summed E-state index contributed by atoms with van der Waals surface area (Å²) in [6, 6.07) is 8.08. The Balaban J connectivity index is 2.84. The van der Waals surface area contributed by atoms with Crippen molar-refractivity contribution in [3.8, 4) is 0 Å². The van der Waals surface area contributed by atoms with Crippen molar-refractivity contribution in [1.82, 2.24) is 5.32 Å². The quantitative estimate of drug-likeness (QED) is 0.800. The number of hydrogen-bond acceptors (Lipinski definition) is 3. The molecule has 0 saturated carbocycles. The second-order valence-corrected chi connectivity index (χ2v) is 4.74. The molecule has 0 radical (unpaired) electrons. The number of nitrogens with one attached hydrogen (secondary N) is 1. The number of methoxy groups -OCH3 is 1. The Kier molecular flexibility index (Phi) is 6.18. The Labute approximate surface area is 118 Å². The number of carbonyl (C=O) groups is 2. The zero-order valence-electron chi connectivity index (χ0n) is 12.0. The van der Waals surface area contributed by atoms with Gasteiger partial charge in [-0.1, -0.05) is 50.6 Å². The summed E-state index contributed by atoms with van der Waals surface area (Å²) in [6.45, 7) is 3.68. The summed E-state index contributed by atoms with van der Waals surface area (Å²) in [6.07, 6.45) is -0.137. The number of hydrogen-bond donors (Lipinski definition) is 2. The van der Waals surface area contributed by atoms with Crippen LogP contribution in [0.1, 0.15) is 31.9 Å². The molecule has 0 spiro atoms. The standard InChI is InChI=1S/C15H21NO4/c1-4-10(2)12(15(18)19)16-14(17)13(20-3)11-8-6-5-7-9-11/h5-10,12-13H,4H2,1-3H3,(H,16,17)(H,18,19)/t10-,12-,13?/m0/s1. The summed E-state index contributed by atoms with van der Waals surface area (Å²) in [5, 5.41) is 11.7. The first-order valence-electron chi connectivity index (χ1n) is 6.62. The lowest BCUT2D eigenvalue weighted by Crippen LogP contribution is -2.47. The number of carbonyl (C=O) groups excluding carboxylic acids is 1. The predicted molar refractivity (Wildman–Crippen MR) is 75.2 cm³/mol. The van der Waals surface area contributed by atoms with Crippen molar-refractivity contribution in [3.05, 3.63) is 35.9 Å². The van der Waals surface area contributed by atoms with E-state index in [1.54, 1.807) is 31.2 Å². The number of benzene rings is 1. The van der Waals surface area contributed by atoms with Gasteiger partial charge in [0.15, 0.2) is 6.10 Å². The average molecular weight is 279 g/mol. The molecule has 0 aliphatic rings. The van der Waals surface area contributed by atoms with E-state index >= 15 is 0 Å². The van der Waals surface area contributed by atoms with E-state index in [1.807, 2.05) is 13.0 Å². The predicted octanol–water partition coefficient (Wildman–Crippen LogP) is 1.99. The minimum absolute atomic E-state index is 0.148. The van der Waals surface area contributed by atoms with E-state index in [-0.39, 0.29) is 5.92 Å². The van der Waals surface area contributed by atoms with E-state index in [4.69, 9.17) is 4.74 Å². The van der Waals surface area contributed by atoms with Crippen LogP contribution >= 0.6 is 0 Å². The van der Waals surface area contributed by atoms with E-state index in [2.05, 4.69) is 5.32 Å². The lowest BCUT2D eigenvalue weighted by molar-refractivity contribution is -0.145. The zero-order valence-corrected chi connectivity index (χ0v) is 12.0. The molecule has 0 saturated heterocycles. The SMILES string of the molecule is CC[C@H](C)[C@H](NC(=O)C(OC)c1ccccc1)C(=O)O. The summed E-state index contributed by atoms with van der Waals surface area (Å²) < 4.78 is 5.19. The van der Waals surface area contributed by atoms with Crippen LogP contribution in [0.25, 0.3) is 0 Å². The van der Waals surface area contributed by atoms with Crippen molar-refractivity contribution in [2.24, 2.45) is 5.92 Å². The zero-order chi connectivity index (χ0) is 15.1. The molecule has 0 aliphatic carbocycles. The van der Waals surface area contributed by atoms with Gasteiger partial charge in [0.2, 0.25) is 0 Å². The fourth-order valence-corrected chi connectivity index (χ4v) is 1.93. The smallest absolute Gasteiger partial charge is 0.326 e. The third-order valence-corrected chi connectivity index (χ3v) is 3.35. The molecule has 110 valence electrons. The minimum Gasteiger partial charge on any atom is -0.480 e. The molecule has 0 aromatic heterocycles. The van der Waals surface area contributed by atoms with Gasteiger partial charge in [0.25, 0.3) is 5.91 Å². The molecule has 1 rings (SSSR count). The van der Waals surface area contributed by atoms with E-state index in [9.17, 15) is 14.7 Å². The fraction of sp³-hybridized carbons (Fsp3) is 0.467. The van der Waals surface area contributed by atoms with Gasteiger partial charge in [0.1, 0.15) is 6.04 Å². The molecule has 0 heterocycles. The molecule has 1 aromatic rings. The van der Waals surface area contributed by atoms with Crippen LogP contribution in [0.15, 0.2) is 30.3 Å². The monoisotopic (exact) mass is 279 g/mol. The Hall–Kier alpha value is -1.88. The first-order chi connectivity index (χ1) is 9.51. The third-order valence-electron chi connectivity index (χ3n) is 3.35. The average Bonchev–Trinajstić information content (AvgIpc) is 2.45. The first kappa shape index (κ1) is 16.2. The molecule has 0 fully saturated rings. The van der Waals surface area contributed by atoms with Gasteiger partial charge in [-0.25, -0.2) is 4.79 Å². The Morgan fingerprint density at radius 2 is 1.90 bits per heavy atom. The van der Waals surface area contributed by atoms with Gasteiger partial charge in [-0.3, -0.25) is 4.79 Å². The lowest BCUT2D eigenvalue weighted by atomic mass is 9.98. The molecule has 0 bridgehead atoms. The van der Waals surface area contributed by atoms with Crippen molar-refractivity contribution in [2.75, 3.05) is 7.11 Å². The van der Waals surface area contributed by atoms with Crippen LogP contribution in [0.5, 0.6) is 0 Å². The molecule has 2 N–H and O–H groups in total. The number of amides is 1. The summed E-state index contributed by atoms with van der Waals surface area (Å²) >= 11 is 0. The maximum Gasteiger partial charge on any atom is 0.326 e. The normalized spacial score (nSPS) is 15.2. The van der Waals surface area contributed by atoms with Gasteiger partial charge < -0.3 is 15.2 Å². The van der Waals surface area contributed by atoms with Gasteiger partial charge in [-0.2, -0.15) is 0 Å². The summed E-state index contributed by atoms with van der Waals surface area (Å²) in [7, 11) is 1.43. The van der Waals surface area contributed by atoms with Crippen LogP contribution in [-0.4, -0.2) is 30.1 Å². The van der Waals surface area contributed by atoms with Gasteiger partial charge in [-0.05, 0) is 11.5 Å². The second-order valence-electron chi connectivity index (χ2n) is 4.74. The van der Waals surface area contributed by atoms with Crippen molar-refractivity contribution in [1.29, 1.82) is 0 Å². The second kappa shape index (κ2) is 7.65. The molecule has 3 atom stereocenters. The highest BCUT2D eigenvalue weighted by molar-refractivity contribution is 5.87. The van der Waals surface area contributed by atoms with Crippen molar-refractivity contribution < 1.29 is 19.4 Å². The van der Waals surface area contributed by atoms with Crippen LogP contribution in [0, 0.1) is 5.92 Å². The van der Waals surface area contributed by atoms with Crippen LogP contribution in [0.4, 0.5) is 0 Å². The van der Waals surface area contributed by atoms with Crippen LogP contribution in [-0.2, 0) is 14.3 Å². The molecule has 1 unspecified atom stereocenters. The van der Waals surface area contributed by atoms with Crippen LogP contribution < -0.4 is 5.32 Å². The van der Waals surface area contributed by atoms with E-state index < -0.39 is 24.0 Å². The van der Waals surface area contributed by atoms with Gasteiger partial charge in [0.05, 0.1) is 0 Å². The van der Waals surface area contributed by atoms with Crippen LogP contribution in [0.3, 0.4) is 0 Å². The van der Waals surface area contributed by atoms with Crippen LogP contribution in [0.2, 0.25) is 0 Å². The van der Waals surface area contributed by atoms with Gasteiger partial charge in [-0.15, -0.1) is 0 Å². The molecule has 5 nitrogen and oxygen atoms in total. The highest BCUT2D eigenvalue weighted by Crippen LogP contribution is 2.17. The Morgan fingerprint density at radius 3 is 2.35 bits per heavy atom. The van der Waals surface area contributed by atoms with E-state index in [1.165, 1.54) is 7.11 Å². The highest BCUT2D eigenvalue weighted by Gasteiger charge is 2.29. The van der Waals surface area contributed by atoms with Gasteiger partial charge in [0, 0.05) is 7.11 Å². The molecular weight excluding hydrogens is 258 g/mol.